The molecule has 0 saturated carbocycles. The normalized spacial score (nSPS) is 15.6. The molecule has 0 aliphatic carbocycles. The Labute approximate surface area is 162 Å². The second-order valence-electron chi connectivity index (χ2n) is 6.21. The van der Waals surface area contributed by atoms with Crippen molar-refractivity contribution in [2.24, 2.45) is 5.92 Å². The maximum atomic E-state index is 12.7. The van der Waals surface area contributed by atoms with Gasteiger partial charge in [0.25, 0.3) is 5.91 Å². The van der Waals surface area contributed by atoms with Crippen LogP contribution in [-0.2, 0) is 0 Å². The van der Waals surface area contributed by atoms with E-state index in [0.29, 0.717) is 21.7 Å². The standard InChI is InChI=1S/C18H21Cl2N3OS/c1-2-21-10-12-5-7-23(8-6-12)18(24)16-11-25-17(22-16)13-3-4-14(19)15(20)9-13/h3-4,9,11-12,21H,2,5-8,10H2,1H3. The van der Waals surface area contributed by atoms with Crippen molar-refractivity contribution in [3.05, 3.63) is 39.3 Å². The zero-order chi connectivity index (χ0) is 17.8. The van der Waals surface area contributed by atoms with Crippen LogP contribution in [0.25, 0.3) is 10.6 Å². The fraction of sp³-hybridized carbons (Fsp3) is 0.444. The molecule has 0 radical (unpaired) electrons. The van der Waals surface area contributed by atoms with Gasteiger partial charge in [-0.1, -0.05) is 36.2 Å². The summed E-state index contributed by atoms with van der Waals surface area (Å²) in [6.45, 7) is 5.75. The van der Waals surface area contributed by atoms with Crippen molar-refractivity contribution in [1.29, 1.82) is 0 Å². The van der Waals surface area contributed by atoms with Gasteiger partial charge < -0.3 is 10.2 Å². The first-order valence-corrected chi connectivity index (χ1v) is 10.1. The summed E-state index contributed by atoms with van der Waals surface area (Å²) in [6.07, 6.45) is 2.09. The van der Waals surface area contributed by atoms with E-state index in [2.05, 4.69) is 17.2 Å². The summed E-state index contributed by atoms with van der Waals surface area (Å²) in [7, 11) is 0. The number of aromatic nitrogens is 1. The van der Waals surface area contributed by atoms with Crippen LogP contribution < -0.4 is 5.32 Å². The van der Waals surface area contributed by atoms with Gasteiger partial charge in [0.2, 0.25) is 0 Å². The lowest BCUT2D eigenvalue weighted by molar-refractivity contribution is 0.0685. The van der Waals surface area contributed by atoms with E-state index in [9.17, 15) is 4.79 Å². The van der Waals surface area contributed by atoms with Gasteiger partial charge in [-0.25, -0.2) is 4.98 Å². The molecule has 1 fully saturated rings. The highest BCUT2D eigenvalue weighted by molar-refractivity contribution is 7.13. The van der Waals surface area contributed by atoms with Crippen LogP contribution in [0.3, 0.4) is 0 Å². The van der Waals surface area contributed by atoms with Gasteiger partial charge in [0.05, 0.1) is 10.0 Å². The third-order valence-electron chi connectivity index (χ3n) is 4.47. The van der Waals surface area contributed by atoms with Gasteiger partial charge in [0, 0.05) is 24.0 Å². The molecule has 25 heavy (non-hydrogen) atoms. The van der Waals surface area contributed by atoms with Crippen molar-refractivity contribution >= 4 is 40.4 Å². The predicted molar refractivity (Wildman–Crippen MR) is 105 cm³/mol. The number of nitrogens with one attached hydrogen (secondary N) is 1. The van der Waals surface area contributed by atoms with Crippen molar-refractivity contribution < 1.29 is 4.79 Å². The molecule has 0 unspecified atom stereocenters. The molecule has 1 aliphatic rings. The predicted octanol–water partition coefficient (Wildman–Crippen LogP) is 4.58. The zero-order valence-electron chi connectivity index (χ0n) is 14.1. The first kappa shape index (κ1) is 18.6. The van der Waals surface area contributed by atoms with Gasteiger partial charge in [-0.15, -0.1) is 11.3 Å². The van der Waals surface area contributed by atoms with Gasteiger partial charge in [-0.3, -0.25) is 4.79 Å². The van der Waals surface area contributed by atoms with Crippen LogP contribution in [0.5, 0.6) is 0 Å². The van der Waals surface area contributed by atoms with Gasteiger partial charge in [-0.2, -0.15) is 0 Å². The highest BCUT2D eigenvalue weighted by atomic mass is 35.5. The van der Waals surface area contributed by atoms with Crippen molar-refractivity contribution in [2.75, 3.05) is 26.2 Å². The lowest BCUT2D eigenvalue weighted by Crippen LogP contribution is -2.40. The van der Waals surface area contributed by atoms with E-state index in [1.807, 2.05) is 16.3 Å². The number of carbonyl (C=O) groups is 1. The maximum Gasteiger partial charge on any atom is 0.273 e. The second-order valence-corrected chi connectivity index (χ2v) is 7.88. The molecule has 0 spiro atoms. The molecule has 7 heteroatoms. The van der Waals surface area contributed by atoms with Crippen LogP contribution in [0.1, 0.15) is 30.3 Å². The average Bonchev–Trinajstić information content (AvgIpc) is 3.12. The number of thiazole rings is 1. The quantitative estimate of drug-likeness (QED) is 0.802. The molecule has 134 valence electrons. The minimum absolute atomic E-state index is 0.0180. The van der Waals surface area contributed by atoms with Crippen molar-refractivity contribution in [3.63, 3.8) is 0 Å². The monoisotopic (exact) mass is 397 g/mol. The number of rotatable bonds is 5. The third-order valence-corrected chi connectivity index (χ3v) is 6.10. The largest absolute Gasteiger partial charge is 0.337 e. The highest BCUT2D eigenvalue weighted by Gasteiger charge is 2.25. The van der Waals surface area contributed by atoms with Crippen molar-refractivity contribution in [3.8, 4) is 10.6 Å². The number of benzene rings is 1. The minimum Gasteiger partial charge on any atom is -0.337 e. The third kappa shape index (κ3) is 4.53. The number of hydrogen-bond acceptors (Lipinski definition) is 4. The number of nitrogens with zero attached hydrogens (tertiary/aromatic N) is 2. The van der Waals surface area contributed by atoms with Crippen LogP contribution in [0.15, 0.2) is 23.6 Å². The molecular formula is C18H21Cl2N3OS. The molecule has 1 saturated heterocycles. The Morgan fingerprint density at radius 2 is 2.08 bits per heavy atom. The molecule has 2 heterocycles. The Hall–Kier alpha value is -1.14. The number of carbonyl (C=O) groups excluding carboxylic acids is 1. The van der Waals surface area contributed by atoms with E-state index in [4.69, 9.17) is 23.2 Å². The lowest BCUT2D eigenvalue weighted by atomic mass is 9.96. The molecule has 3 rings (SSSR count). The Kier molecular flexibility index (Phi) is 6.34. The number of amides is 1. The summed E-state index contributed by atoms with van der Waals surface area (Å²) in [5.41, 5.74) is 1.39. The Morgan fingerprint density at radius 1 is 1.32 bits per heavy atom. The van der Waals surface area contributed by atoms with E-state index in [1.165, 1.54) is 11.3 Å². The molecule has 1 aromatic carbocycles. The van der Waals surface area contributed by atoms with Crippen LogP contribution in [0, 0.1) is 5.92 Å². The second kappa shape index (κ2) is 8.49. The molecule has 1 amide bonds. The summed E-state index contributed by atoms with van der Waals surface area (Å²) >= 11 is 13.5. The molecule has 1 aliphatic heterocycles. The first-order chi connectivity index (χ1) is 12.1. The van der Waals surface area contributed by atoms with E-state index in [1.54, 1.807) is 12.1 Å². The van der Waals surface area contributed by atoms with Gasteiger partial charge in [-0.05, 0) is 44.0 Å². The molecule has 1 N–H and O–H groups in total. The fourth-order valence-corrected chi connectivity index (χ4v) is 4.07. The smallest absolute Gasteiger partial charge is 0.273 e. The minimum atomic E-state index is 0.0180. The maximum absolute atomic E-state index is 12.7. The molecule has 2 aromatic rings. The van der Waals surface area contributed by atoms with Gasteiger partial charge in [0.1, 0.15) is 10.7 Å². The van der Waals surface area contributed by atoms with Gasteiger partial charge >= 0.3 is 0 Å². The molecule has 1 aromatic heterocycles. The first-order valence-electron chi connectivity index (χ1n) is 8.49. The highest BCUT2D eigenvalue weighted by Crippen LogP contribution is 2.30. The summed E-state index contributed by atoms with van der Waals surface area (Å²) in [5.74, 6) is 0.677. The molecule has 0 bridgehead atoms. The molecular weight excluding hydrogens is 377 g/mol. The van der Waals surface area contributed by atoms with Crippen LogP contribution in [0.4, 0.5) is 0 Å². The van der Waals surface area contributed by atoms with Crippen LogP contribution in [0.2, 0.25) is 10.0 Å². The number of halogens is 2. The van der Waals surface area contributed by atoms with Crippen LogP contribution in [-0.4, -0.2) is 42.0 Å². The van der Waals surface area contributed by atoms with Gasteiger partial charge in [0.15, 0.2) is 0 Å². The molecule has 0 atom stereocenters. The summed E-state index contributed by atoms with van der Waals surface area (Å²) < 4.78 is 0. The Bertz CT molecular complexity index is 742. The van der Waals surface area contributed by atoms with Crippen LogP contribution >= 0.6 is 34.5 Å². The Balaban J connectivity index is 1.64. The van der Waals surface area contributed by atoms with E-state index >= 15 is 0 Å². The molecule has 4 nitrogen and oxygen atoms in total. The fourth-order valence-electron chi connectivity index (χ4n) is 2.98. The SMILES string of the molecule is CCNCC1CCN(C(=O)c2csc(-c3ccc(Cl)c(Cl)c3)n2)CC1. The topological polar surface area (TPSA) is 45.2 Å². The summed E-state index contributed by atoms with van der Waals surface area (Å²) in [6, 6.07) is 5.40. The number of hydrogen-bond donors (Lipinski definition) is 1. The van der Waals surface area contributed by atoms with Crippen molar-refractivity contribution in [2.45, 2.75) is 19.8 Å². The Morgan fingerprint density at radius 3 is 2.76 bits per heavy atom. The van der Waals surface area contributed by atoms with Crippen molar-refractivity contribution in [1.82, 2.24) is 15.2 Å². The lowest BCUT2D eigenvalue weighted by Gasteiger charge is -2.31. The van der Waals surface area contributed by atoms with E-state index in [0.717, 1.165) is 49.6 Å². The zero-order valence-corrected chi connectivity index (χ0v) is 16.4. The number of likely N-dealkylation sites (tertiary alicyclic amines) is 1. The van der Waals surface area contributed by atoms with E-state index < -0.39 is 0 Å². The van der Waals surface area contributed by atoms with E-state index in [-0.39, 0.29) is 5.91 Å². The summed E-state index contributed by atoms with van der Waals surface area (Å²) in [5, 5.41) is 7.00. The average molecular weight is 398 g/mol. The summed E-state index contributed by atoms with van der Waals surface area (Å²) in [4.78, 5) is 19.1. The number of piperidine rings is 1.